The first-order valence-electron chi connectivity index (χ1n) is 7.78. The summed E-state index contributed by atoms with van der Waals surface area (Å²) in [6.45, 7) is 2.16. The highest BCUT2D eigenvalue weighted by atomic mass is 15.0. The second kappa shape index (κ2) is 4.97. The van der Waals surface area contributed by atoms with Crippen LogP contribution >= 0.6 is 0 Å². The number of fused-ring (bicyclic) bond motifs is 1. The fourth-order valence-corrected chi connectivity index (χ4v) is 3.38. The molecule has 0 bridgehead atoms. The van der Waals surface area contributed by atoms with Gasteiger partial charge >= 0.3 is 0 Å². The maximum Gasteiger partial charge on any atom is 0.0950 e. The van der Waals surface area contributed by atoms with Crippen molar-refractivity contribution in [2.45, 2.75) is 38.6 Å². The number of rotatable bonds is 4. The quantitative estimate of drug-likeness (QED) is 0.915. The van der Waals surface area contributed by atoms with Crippen LogP contribution in [-0.2, 0) is 13.0 Å². The molecular weight excluding hydrogens is 246 g/mol. The molecule has 1 N–H and O–H groups in total. The van der Waals surface area contributed by atoms with Gasteiger partial charge < -0.3 is 9.88 Å². The molecule has 1 aromatic heterocycles. The summed E-state index contributed by atoms with van der Waals surface area (Å²) in [7, 11) is 0. The minimum Gasteiger partial charge on any atom is -0.384 e. The van der Waals surface area contributed by atoms with Crippen molar-refractivity contribution in [3.05, 3.63) is 36.3 Å². The maximum absolute atomic E-state index is 4.38. The number of anilines is 1. The maximum atomic E-state index is 4.38. The van der Waals surface area contributed by atoms with Crippen LogP contribution in [0.2, 0.25) is 0 Å². The van der Waals surface area contributed by atoms with E-state index in [4.69, 9.17) is 0 Å². The lowest BCUT2D eigenvalue weighted by Crippen LogP contribution is -2.14. The van der Waals surface area contributed by atoms with E-state index in [-0.39, 0.29) is 0 Å². The summed E-state index contributed by atoms with van der Waals surface area (Å²) >= 11 is 0. The van der Waals surface area contributed by atoms with Crippen LogP contribution in [0.1, 0.15) is 31.2 Å². The Bertz CT molecular complexity index is 610. The summed E-state index contributed by atoms with van der Waals surface area (Å²) in [5.74, 6) is 0.949. The lowest BCUT2D eigenvalue weighted by atomic mass is 9.83. The zero-order valence-electron chi connectivity index (χ0n) is 11.8. The first kappa shape index (κ1) is 12.0. The van der Waals surface area contributed by atoms with Gasteiger partial charge in [-0.3, -0.25) is 0 Å². The molecule has 20 heavy (non-hydrogen) atoms. The Morgan fingerprint density at radius 3 is 3.10 bits per heavy atom. The van der Waals surface area contributed by atoms with Gasteiger partial charge in [0.2, 0.25) is 0 Å². The Morgan fingerprint density at radius 1 is 1.30 bits per heavy atom. The lowest BCUT2D eigenvalue weighted by molar-refractivity contribution is 0.283. The Morgan fingerprint density at radius 2 is 2.25 bits per heavy atom. The molecule has 0 radical (unpaired) electrons. The second-order valence-electron chi connectivity index (χ2n) is 6.07. The Hall–Kier alpha value is -1.77. The van der Waals surface area contributed by atoms with Crippen LogP contribution in [0.25, 0.3) is 11.3 Å². The second-order valence-corrected chi connectivity index (χ2v) is 6.07. The largest absolute Gasteiger partial charge is 0.384 e. The van der Waals surface area contributed by atoms with E-state index in [0.29, 0.717) is 0 Å². The molecular formula is C17H21N3. The van der Waals surface area contributed by atoms with Gasteiger partial charge in [0.25, 0.3) is 0 Å². The van der Waals surface area contributed by atoms with Gasteiger partial charge in [-0.15, -0.1) is 0 Å². The van der Waals surface area contributed by atoms with Crippen LogP contribution in [-0.4, -0.2) is 16.1 Å². The van der Waals surface area contributed by atoms with E-state index in [9.17, 15) is 0 Å². The van der Waals surface area contributed by atoms with E-state index >= 15 is 0 Å². The van der Waals surface area contributed by atoms with Crippen molar-refractivity contribution in [3.63, 3.8) is 0 Å². The van der Waals surface area contributed by atoms with Gasteiger partial charge in [0.15, 0.2) is 0 Å². The lowest BCUT2D eigenvalue weighted by Gasteiger charge is -2.25. The molecule has 0 unspecified atom stereocenters. The van der Waals surface area contributed by atoms with Gasteiger partial charge in [-0.2, -0.15) is 0 Å². The molecule has 104 valence electrons. The number of para-hydroxylation sites is 1. The normalized spacial score (nSPS) is 17.6. The zero-order valence-corrected chi connectivity index (χ0v) is 11.8. The van der Waals surface area contributed by atoms with Gasteiger partial charge in [0.1, 0.15) is 0 Å². The monoisotopic (exact) mass is 267 g/mol. The van der Waals surface area contributed by atoms with Gasteiger partial charge in [-0.1, -0.05) is 37.5 Å². The molecule has 0 atom stereocenters. The molecule has 2 heterocycles. The van der Waals surface area contributed by atoms with Crippen LogP contribution in [0.15, 0.2) is 30.7 Å². The zero-order chi connectivity index (χ0) is 13.4. The minimum atomic E-state index is 0.949. The fraction of sp³-hybridized carbons (Fsp3) is 0.471. The van der Waals surface area contributed by atoms with Crippen LogP contribution < -0.4 is 5.32 Å². The van der Waals surface area contributed by atoms with Crippen LogP contribution in [0, 0.1) is 5.92 Å². The van der Waals surface area contributed by atoms with Crippen LogP contribution in [0.3, 0.4) is 0 Å². The summed E-state index contributed by atoms with van der Waals surface area (Å²) in [6, 6.07) is 6.62. The third-order valence-corrected chi connectivity index (χ3v) is 4.84. The average molecular weight is 267 g/mol. The van der Waals surface area contributed by atoms with Crippen molar-refractivity contribution in [2.75, 3.05) is 11.9 Å². The Labute approximate surface area is 120 Å². The molecule has 0 amide bonds. The highest BCUT2D eigenvalue weighted by molar-refractivity contribution is 5.79. The SMILES string of the molecule is c1cc2c(c(-c3cncn3CCC3CCC3)c1)NCC2. The Balaban J connectivity index is 1.62. The number of nitrogens with one attached hydrogen (secondary N) is 1. The highest BCUT2D eigenvalue weighted by Gasteiger charge is 2.19. The predicted molar refractivity (Wildman–Crippen MR) is 81.8 cm³/mol. The van der Waals surface area contributed by atoms with Gasteiger partial charge in [0.05, 0.1) is 18.2 Å². The Kier molecular flexibility index (Phi) is 2.98. The molecule has 3 heteroatoms. The molecule has 1 aliphatic heterocycles. The smallest absolute Gasteiger partial charge is 0.0950 e. The number of hydrogen-bond acceptors (Lipinski definition) is 2. The topological polar surface area (TPSA) is 29.9 Å². The molecule has 2 aromatic rings. The molecule has 0 spiro atoms. The van der Waals surface area contributed by atoms with E-state index in [2.05, 4.69) is 33.1 Å². The molecule has 4 rings (SSSR count). The van der Waals surface area contributed by atoms with Crippen molar-refractivity contribution in [2.24, 2.45) is 5.92 Å². The van der Waals surface area contributed by atoms with Crippen molar-refractivity contribution in [1.29, 1.82) is 0 Å². The summed E-state index contributed by atoms with van der Waals surface area (Å²) in [6.07, 6.45) is 10.7. The molecule has 1 aromatic carbocycles. The first-order valence-corrected chi connectivity index (χ1v) is 7.78. The first-order chi connectivity index (χ1) is 9.92. The van der Waals surface area contributed by atoms with Crippen LogP contribution in [0.4, 0.5) is 5.69 Å². The van der Waals surface area contributed by atoms with Gasteiger partial charge in [0, 0.05) is 24.3 Å². The summed E-state index contributed by atoms with van der Waals surface area (Å²) in [5.41, 5.74) is 5.33. The number of aryl methyl sites for hydroxylation is 1. The van der Waals surface area contributed by atoms with Crippen molar-refractivity contribution < 1.29 is 0 Å². The van der Waals surface area contributed by atoms with Gasteiger partial charge in [-0.05, 0) is 24.3 Å². The molecule has 0 saturated heterocycles. The summed E-state index contributed by atoms with van der Waals surface area (Å²) < 4.78 is 2.33. The number of aromatic nitrogens is 2. The number of benzene rings is 1. The van der Waals surface area contributed by atoms with E-state index in [1.165, 1.54) is 48.2 Å². The summed E-state index contributed by atoms with van der Waals surface area (Å²) in [5, 5.41) is 3.53. The number of imidazole rings is 1. The third-order valence-electron chi connectivity index (χ3n) is 4.84. The van der Waals surface area contributed by atoms with E-state index in [1.807, 2.05) is 12.5 Å². The van der Waals surface area contributed by atoms with Crippen molar-refractivity contribution in [1.82, 2.24) is 9.55 Å². The van der Waals surface area contributed by atoms with E-state index < -0.39 is 0 Å². The molecule has 1 aliphatic carbocycles. The molecule has 3 nitrogen and oxygen atoms in total. The predicted octanol–water partition coefficient (Wildman–Crippen LogP) is 3.71. The average Bonchev–Trinajstić information content (AvgIpc) is 3.04. The number of nitrogens with zero attached hydrogens (tertiary/aromatic N) is 2. The van der Waals surface area contributed by atoms with Gasteiger partial charge in [-0.25, -0.2) is 4.98 Å². The van der Waals surface area contributed by atoms with E-state index in [0.717, 1.165) is 25.4 Å². The molecule has 2 aliphatic rings. The fourth-order valence-electron chi connectivity index (χ4n) is 3.38. The highest BCUT2D eigenvalue weighted by Crippen LogP contribution is 2.35. The minimum absolute atomic E-state index is 0.949. The standard InChI is InChI=1S/C17H21N3/c1-3-13(4-1)8-10-20-12-18-11-16(20)15-6-2-5-14-7-9-19-17(14)15/h2,5-6,11-13,19H,1,3-4,7-10H2. The summed E-state index contributed by atoms with van der Waals surface area (Å²) in [4.78, 5) is 4.38. The molecule has 1 saturated carbocycles. The van der Waals surface area contributed by atoms with E-state index in [1.54, 1.807) is 0 Å². The van der Waals surface area contributed by atoms with Crippen molar-refractivity contribution >= 4 is 5.69 Å². The van der Waals surface area contributed by atoms with Crippen LogP contribution in [0.5, 0.6) is 0 Å². The third kappa shape index (κ3) is 2.01. The molecule has 1 fully saturated rings. The van der Waals surface area contributed by atoms with Crippen molar-refractivity contribution in [3.8, 4) is 11.3 Å². The number of hydrogen-bond donors (Lipinski definition) is 1.